The molecule has 1 unspecified atom stereocenters. The van der Waals surface area contributed by atoms with Gasteiger partial charge in [0.15, 0.2) is 0 Å². The average Bonchev–Trinajstić information content (AvgIpc) is 2.60. The first-order chi connectivity index (χ1) is 13.3. The van der Waals surface area contributed by atoms with E-state index in [9.17, 15) is 26.4 Å². The fourth-order valence-electron chi connectivity index (χ4n) is 2.69. The van der Waals surface area contributed by atoms with Gasteiger partial charge in [0, 0.05) is 10.7 Å². The number of halogens is 5. The van der Waals surface area contributed by atoms with E-state index in [4.69, 9.17) is 23.2 Å². The number of carbonyl (C=O) groups is 1. The van der Waals surface area contributed by atoms with Crippen molar-refractivity contribution in [3.05, 3.63) is 58.1 Å². The zero-order valence-corrected chi connectivity index (χ0v) is 17.6. The van der Waals surface area contributed by atoms with Crippen molar-refractivity contribution in [3.63, 3.8) is 0 Å². The maximum Gasteiger partial charge on any atom is 0.417 e. The normalized spacial score (nSPS) is 13.1. The zero-order chi connectivity index (χ0) is 22.0. The zero-order valence-electron chi connectivity index (χ0n) is 15.3. The first-order valence-corrected chi connectivity index (χ1v) is 10.9. The van der Waals surface area contributed by atoms with Crippen LogP contribution in [0.1, 0.15) is 18.9 Å². The number of alkyl halides is 3. The van der Waals surface area contributed by atoms with Crippen LogP contribution in [0.25, 0.3) is 0 Å². The molecule has 1 amide bonds. The molecule has 0 aliphatic rings. The molecule has 5 nitrogen and oxygen atoms in total. The third-order valence-corrected chi connectivity index (χ3v) is 5.71. The highest BCUT2D eigenvalue weighted by Crippen LogP contribution is 2.36. The number of nitrogens with one attached hydrogen (secondary N) is 1. The first-order valence-electron chi connectivity index (χ1n) is 8.27. The van der Waals surface area contributed by atoms with Crippen molar-refractivity contribution in [1.82, 2.24) is 0 Å². The maximum atomic E-state index is 13.0. The van der Waals surface area contributed by atoms with Crippen LogP contribution < -0.4 is 9.62 Å². The first kappa shape index (κ1) is 23.3. The highest BCUT2D eigenvalue weighted by atomic mass is 35.5. The van der Waals surface area contributed by atoms with Crippen molar-refractivity contribution in [3.8, 4) is 0 Å². The number of carbonyl (C=O) groups excluding carboxylic acids is 1. The Hall–Kier alpha value is -1.97. The van der Waals surface area contributed by atoms with E-state index in [2.05, 4.69) is 5.32 Å². The van der Waals surface area contributed by atoms with Gasteiger partial charge in [-0.2, -0.15) is 13.2 Å². The summed E-state index contributed by atoms with van der Waals surface area (Å²) in [5.74, 6) is -0.789. The average molecular weight is 469 g/mol. The van der Waals surface area contributed by atoms with Gasteiger partial charge in [0.25, 0.3) is 0 Å². The van der Waals surface area contributed by atoms with Gasteiger partial charge in [-0.25, -0.2) is 8.42 Å². The maximum absolute atomic E-state index is 13.0. The van der Waals surface area contributed by atoms with Gasteiger partial charge in [-0.1, -0.05) is 30.1 Å². The second-order valence-electron chi connectivity index (χ2n) is 6.14. The number of nitrogens with zero attached hydrogens (tertiary/aromatic N) is 1. The molecule has 1 atom stereocenters. The van der Waals surface area contributed by atoms with Crippen LogP contribution >= 0.6 is 23.2 Å². The number of sulfonamides is 1. The molecular weight excluding hydrogens is 452 g/mol. The second-order valence-corrected chi connectivity index (χ2v) is 8.84. The lowest BCUT2D eigenvalue weighted by atomic mass is 10.1. The van der Waals surface area contributed by atoms with Gasteiger partial charge in [-0.15, -0.1) is 0 Å². The summed E-state index contributed by atoms with van der Waals surface area (Å²) in [5, 5.41) is 2.20. The fourth-order valence-corrected chi connectivity index (χ4v) is 4.26. The fraction of sp³-hybridized carbons (Fsp3) is 0.278. The molecule has 0 saturated heterocycles. The number of rotatable bonds is 6. The van der Waals surface area contributed by atoms with Gasteiger partial charge in [0.2, 0.25) is 15.9 Å². The van der Waals surface area contributed by atoms with Crippen LogP contribution in [0, 0.1) is 0 Å². The van der Waals surface area contributed by atoms with E-state index in [1.807, 2.05) is 0 Å². The summed E-state index contributed by atoms with van der Waals surface area (Å²) in [7, 11) is -3.89. The number of hydrogen-bond donors (Lipinski definition) is 1. The number of benzene rings is 2. The van der Waals surface area contributed by atoms with Crippen LogP contribution in [-0.2, 0) is 21.0 Å². The smallest absolute Gasteiger partial charge is 0.324 e. The predicted molar refractivity (Wildman–Crippen MR) is 108 cm³/mol. The molecule has 0 aliphatic carbocycles. The summed E-state index contributed by atoms with van der Waals surface area (Å²) in [6.07, 6.45) is -3.70. The van der Waals surface area contributed by atoms with Crippen molar-refractivity contribution >= 4 is 50.5 Å². The molecular formula is C18H17Cl2F3N2O3S. The summed E-state index contributed by atoms with van der Waals surface area (Å²) < 4.78 is 64.7. The highest BCUT2D eigenvalue weighted by molar-refractivity contribution is 7.92. The molecule has 0 aromatic heterocycles. The Balaban J connectivity index is 2.39. The van der Waals surface area contributed by atoms with Crippen molar-refractivity contribution in [2.75, 3.05) is 15.9 Å². The molecule has 1 N–H and O–H groups in total. The van der Waals surface area contributed by atoms with E-state index in [0.29, 0.717) is 11.1 Å². The molecule has 0 heterocycles. The van der Waals surface area contributed by atoms with E-state index in [1.165, 1.54) is 30.3 Å². The molecule has 11 heteroatoms. The molecule has 0 spiro atoms. The van der Waals surface area contributed by atoms with Crippen LogP contribution in [0.15, 0.2) is 42.5 Å². The van der Waals surface area contributed by atoms with Crippen LogP contribution in [0.3, 0.4) is 0 Å². The monoisotopic (exact) mass is 468 g/mol. The topological polar surface area (TPSA) is 66.5 Å². The number of hydrogen-bond acceptors (Lipinski definition) is 3. The van der Waals surface area contributed by atoms with Gasteiger partial charge < -0.3 is 5.32 Å². The van der Waals surface area contributed by atoms with Gasteiger partial charge in [-0.05, 0) is 48.9 Å². The van der Waals surface area contributed by atoms with Crippen LogP contribution in [0.4, 0.5) is 24.5 Å². The van der Waals surface area contributed by atoms with Crippen molar-refractivity contribution < 1.29 is 26.4 Å². The van der Waals surface area contributed by atoms with Crippen LogP contribution in [-0.4, -0.2) is 26.6 Å². The summed E-state index contributed by atoms with van der Waals surface area (Å²) >= 11 is 11.4. The number of amides is 1. The van der Waals surface area contributed by atoms with E-state index in [1.54, 1.807) is 6.92 Å². The summed E-state index contributed by atoms with van der Waals surface area (Å²) in [4.78, 5) is 12.8. The van der Waals surface area contributed by atoms with E-state index in [-0.39, 0.29) is 17.8 Å². The van der Waals surface area contributed by atoms with Crippen LogP contribution in [0.2, 0.25) is 10.0 Å². The van der Waals surface area contributed by atoms with E-state index >= 15 is 0 Å². The van der Waals surface area contributed by atoms with Crippen molar-refractivity contribution in [1.29, 1.82) is 0 Å². The Labute approximate surface area is 176 Å². The Morgan fingerprint density at radius 3 is 2.21 bits per heavy atom. The van der Waals surface area contributed by atoms with Gasteiger partial charge in [0.1, 0.15) is 6.04 Å². The highest BCUT2D eigenvalue weighted by Gasteiger charge is 2.35. The summed E-state index contributed by atoms with van der Waals surface area (Å²) in [5.41, 5.74) is -1.07. The van der Waals surface area contributed by atoms with Gasteiger partial charge >= 0.3 is 6.18 Å². The van der Waals surface area contributed by atoms with Crippen LogP contribution in [0.5, 0.6) is 0 Å². The van der Waals surface area contributed by atoms with E-state index < -0.39 is 38.7 Å². The largest absolute Gasteiger partial charge is 0.417 e. The van der Waals surface area contributed by atoms with Crippen molar-refractivity contribution in [2.24, 2.45) is 0 Å². The Kier molecular flexibility index (Phi) is 7.08. The lowest BCUT2D eigenvalue weighted by Crippen LogP contribution is -2.47. The molecule has 0 aliphatic heterocycles. The van der Waals surface area contributed by atoms with Gasteiger partial charge in [0.05, 0.1) is 22.5 Å². The molecule has 158 valence electrons. The quantitative estimate of drug-likeness (QED) is 0.633. The summed E-state index contributed by atoms with van der Waals surface area (Å²) in [6.45, 7) is 1.58. The molecule has 0 saturated carbocycles. The third-order valence-electron chi connectivity index (χ3n) is 3.95. The number of anilines is 2. The minimum atomic E-state index is -4.70. The summed E-state index contributed by atoms with van der Waals surface area (Å²) in [6, 6.07) is 7.51. The second kappa shape index (κ2) is 8.81. The Morgan fingerprint density at radius 2 is 1.72 bits per heavy atom. The minimum Gasteiger partial charge on any atom is -0.324 e. The SMILES string of the molecule is CCC(C(=O)Nc1ccc(Cl)c(C(F)(F)F)c1)N(c1ccc(Cl)cc1)S(C)(=O)=O. The molecule has 0 bridgehead atoms. The minimum absolute atomic E-state index is 0.0707. The molecule has 29 heavy (non-hydrogen) atoms. The lowest BCUT2D eigenvalue weighted by Gasteiger charge is -2.30. The van der Waals surface area contributed by atoms with E-state index in [0.717, 1.165) is 16.6 Å². The lowest BCUT2D eigenvalue weighted by molar-refractivity contribution is -0.137. The Bertz CT molecular complexity index is 996. The standard InChI is InChI=1S/C18H17Cl2F3N2O3S/c1-3-16(25(29(2,27)28)13-7-4-11(19)5-8-13)17(26)24-12-6-9-15(20)14(10-12)18(21,22)23/h4-10,16H,3H2,1-2H3,(H,24,26). The Morgan fingerprint density at radius 1 is 1.14 bits per heavy atom. The van der Waals surface area contributed by atoms with Gasteiger partial charge in [-0.3, -0.25) is 9.10 Å². The molecule has 0 fully saturated rings. The molecule has 0 radical (unpaired) electrons. The molecule has 2 aromatic rings. The molecule has 2 aromatic carbocycles. The third kappa shape index (κ3) is 5.77. The van der Waals surface area contributed by atoms with Crippen molar-refractivity contribution in [2.45, 2.75) is 25.6 Å². The predicted octanol–water partition coefficient (Wildman–Crippen LogP) is 5.20. The molecule has 2 rings (SSSR count).